The van der Waals surface area contributed by atoms with Crippen LogP contribution in [0.15, 0.2) is 42.6 Å². The molecule has 6 rings (SSSR count). The van der Waals surface area contributed by atoms with Crippen LogP contribution in [0.4, 0.5) is 23.4 Å². The molecule has 12 heteroatoms. The van der Waals surface area contributed by atoms with Crippen molar-refractivity contribution in [1.29, 1.82) is 0 Å². The third-order valence-electron chi connectivity index (χ3n) is 6.74. The van der Waals surface area contributed by atoms with E-state index in [-0.39, 0.29) is 6.04 Å². The van der Waals surface area contributed by atoms with E-state index in [0.29, 0.717) is 24.2 Å². The number of hydroxylamine groups is 2. The topological polar surface area (TPSA) is 123 Å². The van der Waals surface area contributed by atoms with E-state index < -0.39 is 0 Å². The van der Waals surface area contributed by atoms with E-state index in [9.17, 15) is 0 Å². The minimum Gasteiger partial charge on any atom is -0.408 e. The van der Waals surface area contributed by atoms with E-state index in [0.717, 1.165) is 49.3 Å². The van der Waals surface area contributed by atoms with Crippen LogP contribution in [0.1, 0.15) is 36.2 Å². The van der Waals surface area contributed by atoms with Gasteiger partial charge in [0.2, 0.25) is 5.95 Å². The smallest absolute Gasteiger partial charge is 0.227 e. The highest BCUT2D eigenvalue weighted by Crippen LogP contribution is 2.39. The van der Waals surface area contributed by atoms with Gasteiger partial charge in [0.05, 0.1) is 12.2 Å². The Morgan fingerprint density at radius 3 is 2.72 bits per heavy atom. The zero-order valence-corrected chi connectivity index (χ0v) is 20.6. The first kappa shape index (κ1) is 22.7. The van der Waals surface area contributed by atoms with Crippen molar-refractivity contribution in [3.8, 4) is 0 Å². The number of aromatic nitrogens is 6. The lowest BCUT2D eigenvalue weighted by Gasteiger charge is -2.33. The van der Waals surface area contributed by atoms with Crippen molar-refractivity contribution in [2.75, 3.05) is 62.4 Å². The van der Waals surface area contributed by atoms with Gasteiger partial charge in [-0.25, -0.2) is 9.97 Å². The number of nitrogens with one attached hydrogen (secondary N) is 3. The van der Waals surface area contributed by atoms with Gasteiger partial charge in [-0.15, -0.1) is 5.06 Å². The van der Waals surface area contributed by atoms with Gasteiger partial charge in [0.25, 0.3) is 0 Å². The quantitative estimate of drug-likeness (QED) is 0.432. The van der Waals surface area contributed by atoms with Crippen molar-refractivity contribution in [3.63, 3.8) is 0 Å². The summed E-state index contributed by atoms with van der Waals surface area (Å²) >= 11 is 0. The molecule has 1 saturated heterocycles. The molecule has 12 nitrogen and oxygen atoms in total. The van der Waals surface area contributed by atoms with Gasteiger partial charge in [-0.3, -0.25) is 5.10 Å². The van der Waals surface area contributed by atoms with Crippen LogP contribution in [0, 0.1) is 0 Å². The first-order chi connectivity index (χ1) is 17.6. The molecular formula is C24H31N11O. The molecule has 188 valence electrons. The molecule has 36 heavy (non-hydrogen) atoms. The standard InChI is InChI=1S/C24H31N11O/c1-33-7-9-35(10-8-33)23-13-21(28-22-12-19(31-32-22)16-3-4-16)29-24(30-23)26-14-17-11-20(34(2)36-17)18-5-6-25-15-27-18/h5-6,11-13,15-16,20H,3-4,7-10,14H2,1-2H3,(H3,26,28,29,30,31,32). The van der Waals surface area contributed by atoms with E-state index in [1.54, 1.807) is 17.6 Å². The van der Waals surface area contributed by atoms with Gasteiger partial charge in [0.1, 0.15) is 29.8 Å². The number of likely N-dealkylation sites (N-methyl/N-ethyl adjacent to an activating group) is 2. The Balaban J connectivity index is 1.20. The molecule has 3 N–H and O–H groups in total. The summed E-state index contributed by atoms with van der Waals surface area (Å²) in [6.45, 7) is 4.28. The Morgan fingerprint density at radius 1 is 1.08 bits per heavy atom. The van der Waals surface area contributed by atoms with Gasteiger partial charge in [-0.05, 0) is 32.0 Å². The Bertz CT molecular complexity index is 1220. The molecule has 1 unspecified atom stereocenters. The molecule has 2 fully saturated rings. The molecule has 1 atom stereocenters. The van der Waals surface area contributed by atoms with Crippen LogP contribution in [-0.4, -0.2) is 86.9 Å². The molecular weight excluding hydrogens is 458 g/mol. The Morgan fingerprint density at radius 2 is 1.94 bits per heavy atom. The number of aromatic amines is 1. The molecule has 3 aliphatic rings. The first-order valence-electron chi connectivity index (χ1n) is 12.4. The number of hydrogen-bond acceptors (Lipinski definition) is 11. The zero-order valence-electron chi connectivity index (χ0n) is 20.6. The average molecular weight is 490 g/mol. The second-order valence-electron chi connectivity index (χ2n) is 9.54. The molecule has 1 saturated carbocycles. The summed E-state index contributed by atoms with van der Waals surface area (Å²) < 4.78 is 0. The fraction of sp³-hybridized carbons (Fsp3) is 0.458. The molecule has 0 radical (unpaired) electrons. The number of piperazine rings is 1. The Kier molecular flexibility index (Phi) is 6.11. The van der Waals surface area contributed by atoms with Crippen LogP contribution >= 0.6 is 0 Å². The summed E-state index contributed by atoms with van der Waals surface area (Å²) in [5.41, 5.74) is 2.06. The van der Waals surface area contributed by atoms with Gasteiger partial charge < -0.3 is 25.3 Å². The van der Waals surface area contributed by atoms with Crippen molar-refractivity contribution in [2.24, 2.45) is 0 Å². The minimum atomic E-state index is -0.0695. The fourth-order valence-corrected chi connectivity index (χ4v) is 4.47. The van der Waals surface area contributed by atoms with Crippen molar-refractivity contribution in [3.05, 3.63) is 53.9 Å². The van der Waals surface area contributed by atoms with Crippen LogP contribution in [-0.2, 0) is 4.84 Å². The van der Waals surface area contributed by atoms with Gasteiger partial charge in [-0.2, -0.15) is 15.1 Å². The van der Waals surface area contributed by atoms with Gasteiger partial charge >= 0.3 is 0 Å². The molecule has 0 aromatic carbocycles. The Hall–Kier alpha value is -3.77. The number of anilines is 4. The van der Waals surface area contributed by atoms with E-state index in [2.05, 4.69) is 53.7 Å². The molecule has 1 aliphatic carbocycles. The maximum absolute atomic E-state index is 5.94. The normalized spacial score (nSPS) is 20.8. The predicted molar refractivity (Wildman–Crippen MR) is 136 cm³/mol. The maximum atomic E-state index is 5.94. The lowest BCUT2D eigenvalue weighted by Crippen LogP contribution is -2.44. The summed E-state index contributed by atoms with van der Waals surface area (Å²) in [7, 11) is 4.04. The highest BCUT2D eigenvalue weighted by molar-refractivity contribution is 5.60. The second kappa shape index (κ2) is 9.70. The third kappa shape index (κ3) is 5.09. The summed E-state index contributed by atoms with van der Waals surface area (Å²) in [5.74, 6) is 4.28. The highest BCUT2D eigenvalue weighted by Gasteiger charge is 2.27. The summed E-state index contributed by atoms with van der Waals surface area (Å²) in [6.07, 6.45) is 7.78. The number of H-pyrrole nitrogens is 1. The van der Waals surface area contributed by atoms with Gasteiger partial charge in [0, 0.05) is 63.2 Å². The van der Waals surface area contributed by atoms with Crippen LogP contribution < -0.4 is 15.5 Å². The SMILES string of the molecule is CN1CCN(c2cc(Nc3cc(C4CC4)[nH]n3)nc(NCC3=CC(c4ccncn4)N(C)O3)n2)CC1. The van der Waals surface area contributed by atoms with Crippen LogP contribution in [0.5, 0.6) is 0 Å². The highest BCUT2D eigenvalue weighted by atomic mass is 16.7. The van der Waals surface area contributed by atoms with Crippen LogP contribution in [0.3, 0.4) is 0 Å². The van der Waals surface area contributed by atoms with Crippen molar-refractivity contribution >= 4 is 23.4 Å². The number of nitrogens with zero attached hydrogens (tertiary/aromatic N) is 8. The lowest BCUT2D eigenvalue weighted by molar-refractivity contribution is -0.0956. The second-order valence-corrected chi connectivity index (χ2v) is 9.54. The molecule has 3 aromatic rings. The number of rotatable bonds is 8. The van der Waals surface area contributed by atoms with Crippen molar-refractivity contribution < 1.29 is 4.84 Å². The molecule has 2 aliphatic heterocycles. The summed E-state index contributed by atoms with van der Waals surface area (Å²) in [6, 6.07) is 5.89. The summed E-state index contributed by atoms with van der Waals surface area (Å²) in [5, 5.41) is 16.1. The van der Waals surface area contributed by atoms with Gasteiger partial charge in [0.15, 0.2) is 5.82 Å². The minimum absolute atomic E-state index is 0.0695. The van der Waals surface area contributed by atoms with E-state index in [1.165, 1.54) is 18.5 Å². The number of hydrogen-bond donors (Lipinski definition) is 3. The first-order valence-corrected chi connectivity index (χ1v) is 12.4. The fourth-order valence-electron chi connectivity index (χ4n) is 4.47. The third-order valence-corrected chi connectivity index (χ3v) is 6.74. The monoisotopic (exact) mass is 489 g/mol. The molecule has 3 aromatic heterocycles. The van der Waals surface area contributed by atoms with Crippen molar-refractivity contribution in [1.82, 2.24) is 40.1 Å². The largest absolute Gasteiger partial charge is 0.408 e. The molecule has 5 heterocycles. The van der Waals surface area contributed by atoms with E-state index >= 15 is 0 Å². The average Bonchev–Trinajstić information content (AvgIpc) is 3.53. The maximum Gasteiger partial charge on any atom is 0.227 e. The molecule has 0 amide bonds. The molecule has 0 spiro atoms. The van der Waals surface area contributed by atoms with Crippen LogP contribution in [0.25, 0.3) is 0 Å². The van der Waals surface area contributed by atoms with Gasteiger partial charge in [-0.1, -0.05) is 0 Å². The van der Waals surface area contributed by atoms with Crippen LogP contribution in [0.2, 0.25) is 0 Å². The van der Waals surface area contributed by atoms with E-state index in [4.69, 9.17) is 14.8 Å². The lowest BCUT2D eigenvalue weighted by atomic mass is 10.2. The Labute approximate surface area is 209 Å². The predicted octanol–water partition coefficient (Wildman–Crippen LogP) is 2.28. The zero-order chi connectivity index (χ0) is 24.5. The summed E-state index contributed by atoms with van der Waals surface area (Å²) in [4.78, 5) is 28.5. The van der Waals surface area contributed by atoms with E-state index in [1.807, 2.05) is 25.3 Å². The molecule has 0 bridgehead atoms. The van der Waals surface area contributed by atoms with Crippen molar-refractivity contribution in [2.45, 2.75) is 24.8 Å².